The Hall–Kier alpha value is -4.33. The lowest BCUT2D eigenvalue weighted by molar-refractivity contribution is -0.152. The number of carbonyl (C=O) groups excluding carboxylic acids is 3. The smallest absolute Gasteiger partial charge is 0.311 e. The number of carbonyl (C=O) groups is 3. The molecule has 1 saturated heterocycles. The third kappa shape index (κ3) is 6.02. The molecule has 4 rings (SSSR count). The fourth-order valence-electron chi connectivity index (χ4n) is 4.00. The molecule has 8 nitrogen and oxygen atoms in total. The Kier molecular flexibility index (Phi) is 7.85. The summed E-state index contributed by atoms with van der Waals surface area (Å²) < 4.78 is 16.4. The van der Waals surface area contributed by atoms with E-state index in [2.05, 4.69) is 5.32 Å². The first-order chi connectivity index (χ1) is 17.4. The molecule has 2 amide bonds. The van der Waals surface area contributed by atoms with Crippen LogP contribution in [0, 0.1) is 5.92 Å². The molecule has 2 atom stereocenters. The average molecular weight is 489 g/mol. The summed E-state index contributed by atoms with van der Waals surface area (Å²) in [6.07, 6.45) is 0.0281. The molecule has 3 aromatic rings. The van der Waals surface area contributed by atoms with Crippen molar-refractivity contribution in [1.29, 1.82) is 0 Å². The summed E-state index contributed by atoms with van der Waals surface area (Å²) in [5.41, 5.74) is 1.60. The minimum atomic E-state index is -0.638. The van der Waals surface area contributed by atoms with Crippen molar-refractivity contribution in [3.8, 4) is 17.2 Å². The van der Waals surface area contributed by atoms with Crippen LogP contribution in [0.5, 0.6) is 17.2 Å². The van der Waals surface area contributed by atoms with Gasteiger partial charge in [0.2, 0.25) is 5.91 Å². The van der Waals surface area contributed by atoms with Gasteiger partial charge in [-0.15, -0.1) is 0 Å². The topological polar surface area (TPSA) is 94.2 Å². The van der Waals surface area contributed by atoms with Crippen molar-refractivity contribution in [3.63, 3.8) is 0 Å². The zero-order valence-electron chi connectivity index (χ0n) is 20.2. The molecule has 3 aromatic carbocycles. The van der Waals surface area contributed by atoms with E-state index in [4.69, 9.17) is 14.2 Å². The highest BCUT2D eigenvalue weighted by Crippen LogP contribution is 2.33. The van der Waals surface area contributed by atoms with E-state index in [1.165, 1.54) is 4.90 Å². The van der Waals surface area contributed by atoms with Gasteiger partial charge in [-0.1, -0.05) is 42.5 Å². The monoisotopic (exact) mass is 488 g/mol. The number of rotatable bonds is 9. The number of nitrogens with zero attached hydrogens (tertiary/aromatic N) is 1. The van der Waals surface area contributed by atoms with E-state index in [0.29, 0.717) is 22.9 Å². The molecule has 36 heavy (non-hydrogen) atoms. The van der Waals surface area contributed by atoms with Crippen LogP contribution in [0.4, 0.5) is 5.69 Å². The summed E-state index contributed by atoms with van der Waals surface area (Å²) in [5, 5.41) is 2.80. The SMILES string of the molecule is COc1ccccc1Oc1ccc(N2C[C@H](C(=O)OCC(=O)N[C@H](C)c3ccccc3)CC2=O)cc1. The van der Waals surface area contributed by atoms with Crippen molar-refractivity contribution >= 4 is 23.5 Å². The standard InChI is InChI=1S/C28H28N2O6/c1-19(20-8-4-3-5-9-20)29-26(31)18-35-28(33)21-16-27(32)30(17-21)22-12-14-23(15-13-22)36-25-11-7-6-10-24(25)34-2/h3-15,19,21H,16-18H2,1-2H3,(H,29,31)/t19-,21-/m1/s1. The van der Waals surface area contributed by atoms with Gasteiger partial charge in [0.25, 0.3) is 5.91 Å². The molecule has 0 aromatic heterocycles. The highest BCUT2D eigenvalue weighted by atomic mass is 16.5. The number of hydrogen-bond donors (Lipinski definition) is 1. The zero-order valence-corrected chi connectivity index (χ0v) is 20.2. The van der Waals surface area contributed by atoms with E-state index in [0.717, 1.165) is 5.56 Å². The molecule has 0 radical (unpaired) electrons. The second-order valence-electron chi connectivity index (χ2n) is 8.46. The van der Waals surface area contributed by atoms with Gasteiger partial charge >= 0.3 is 5.97 Å². The number of para-hydroxylation sites is 2. The minimum Gasteiger partial charge on any atom is -0.493 e. The van der Waals surface area contributed by atoms with Crippen LogP contribution in [0.2, 0.25) is 0 Å². The Morgan fingerprint density at radius 2 is 1.64 bits per heavy atom. The number of methoxy groups -OCH3 is 1. The number of nitrogens with one attached hydrogen (secondary N) is 1. The van der Waals surface area contributed by atoms with Crippen LogP contribution in [0.15, 0.2) is 78.9 Å². The summed E-state index contributed by atoms with van der Waals surface area (Å²) in [6, 6.07) is 23.6. The number of anilines is 1. The molecular formula is C28H28N2O6. The first-order valence-corrected chi connectivity index (χ1v) is 11.7. The van der Waals surface area contributed by atoms with Crippen LogP contribution < -0.4 is 19.7 Å². The average Bonchev–Trinajstić information content (AvgIpc) is 3.30. The highest BCUT2D eigenvalue weighted by molar-refractivity contribution is 5.99. The van der Waals surface area contributed by atoms with Crippen LogP contribution >= 0.6 is 0 Å². The van der Waals surface area contributed by atoms with Gasteiger partial charge in [0.15, 0.2) is 18.1 Å². The Morgan fingerprint density at radius 1 is 0.972 bits per heavy atom. The first-order valence-electron chi connectivity index (χ1n) is 11.7. The molecule has 1 aliphatic rings. The lowest BCUT2D eigenvalue weighted by atomic mass is 10.1. The molecule has 0 saturated carbocycles. The molecule has 1 heterocycles. The van der Waals surface area contributed by atoms with Gasteiger partial charge in [0.1, 0.15) is 5.75 Å². The van der Waals surface area contributed by atoms with Crippen molar-refractivity contribution in [2.75, 3.05) is 25.2 Å². The predicted molar refractivity (Wildman–Crippen MR) is 134 cm³/mol. The van der Waals surface area contributed by atoms with E-state index in [1.54, 1.807) is 43.5 Å². The molecule has 0 spiro atoms. The molecule has 186 valence electrons. The molecule has 1 aliphatic heterocycles. The van der Waals surface area contributed by atoms with Crippen LogP contribution in [0.1, 0.15) is 24.9 Å². The number of benzene rings is 3. The Labute approximate surface area is 209 Å². The summed E-state index contributed by atoms with van der Waals surface area (Å²) in [7, 11) is 1.57. The Morgan fingerprint density at radius 3 is 2.33 bits per heavy atom. The second-order valence-corrected chi connectivity index (χ2v) is 8.46. The summed E-state index contributed by atoms with van der Waals surface area (Å²) in [5.74, 6) is -0.00711. The maximum absolute atomic E-state index is 12.6. The van der Waals surface area contributed by atoms with Gasteiger partial charge in [-0.2, -0.15) is 0 Å². The van der Waals surface area contributed by atoms with E-state index in [1.807, 2.05) is 49.4 Å². The van der Waals surface area contributed by atoms with Crippen molar-refractivity contribution in [3.05, 3.63) is 84.4 Å². The van der Waals surface area contributed by atoms with Gasteiger partial charge in [-0.25, -0.2) is 0 Å². The lowest BCUT2D eigenvalue weighted by Crippen LogP contribution is -2.32. The predicted octanol–water partition coefficient (Wildman–Crippen LogP) is 4.26. The molecule has 0 bridgehead atoms. The quantitative estimate of drug-likeness (QED) is 0.453. The van der Waals surface area contributed by atoms with Crippen molar-refractivity contribution in [2.45, 2.75) is 19.4 Å². The van der Waals surface area contributed by atoms with E-state index in [-0.39, 0.29) is 24.9 Å². The van der Waals surface area contributed by atoms with E-state index < -0.39 is 24.4 Å². The maximum Gasteiger partial charge on any atom is 0.311 e. The van der Waals surface area contributed by atoms with Crippen LogP contribution in [-0.4, -0.2) is 38.0 Å². The van der Waals surface area contributed by atoms with Gasteiger partial charge in [-0.3, -0.25) is 14.4 Å². The molecule has 1 fully saturated rings. The van der Waals surface area contributed by atoms with Gasteiger partial charge in [0, 0.05) is 18.7 Å². The van der Waals surface area contributed by atoms with Gasteiger partial charge in [0.05, 0.1) is 19.1 Å². The Balaban J connectivity index is 1.29. The van der Waals surface area contributed by atoms with Crippen LogP contribution in [0.25, 0.3) is 0 Å². The summed E-state index contributed by atoms with van der Waals surface area (Å²) in [4.78, 5) is 38.9. The zero-order chi connectivity index (χ0) is 25.5. The fourth-order valence-corrected chi connectivity index (χ4v) is 4.00. The number of hydrogen-bond acceptors (Lipinski definition) is 6. The molecule has 0 unspecified atom stereocenters. The summed E-state index contributed by atoms with van der Waals surface area (Å²) >= 11 is 0. The first kappa shape index (κ1) is 24.8. The molecule has 0 aliphatic carbocycles. The van der Waals surface area contributed by atoms with Crippen molar-refractivity contribution in [2.24, 2.45) is 5.92 Å². The second kappa shape index (κ2) is 11.4. The molecule has 8 heteroatoms. The number of amides is 2. The Bertz CT molecular complexity index is 1210. The normalized spacial score (nSPS) is 15.8. The highest BCUT2D eigenvalue weighted by Gasteiger charge is 2.36. The summed E-state index contributed by atoms with van der Waals surface area (Å²) in [6.45, 7) is 1.65. The van der Waals surface area contributed by atoms with E-state index >= 15 is 0 Å². The van der Waals surface area contributed by atoms with Crippen molar-refractivity contribution < 1.29 is 28.6 Å². The van der Waals surface area contributed by atoms with Crippen molar-refractivity contribution in [1.82, 2.24) is 5.32 Å². The van der Waals surface area contributed by atoms with Crippen LogP contribution in [0.3, 0.4) is 0 Å². The molecular weight excluding hydrogens is 460 g/mol. The van der Waals surface area contributed by atoms with Gasteiger partial charge in [-0.05, 0) is 48.9 Å². The van der Waals surface area contributed by atoms with E-state index in [9.17, 15) is 14.4 Å². The molecule has 1 N–H and O–H groups in total. The largest absolute Gasteiger partial charge is 0.493 e. The fraction of sp³-hybridized carbons (Fsp3) is 0.250. The van der Waals surface area contributed by atoms with Crippen LogP contribution in [-0.2, 0) is 19.1 Å². The third-order valence-corrected chi connectivity index (χ3v) is 5.93. The minimum absolute atomic E-state index is 0.0281. The number of esters is 1. The third-order valence-electron chi connectivity index (χ3n) is 5.93. The maximum atomic E-state index is 12.6. The number of ether oxygens (including phenoxy) is 3. The van der Waals surface area contributed by atoms with Gasteiger partial charge < -0.3 is 24.4 Å². The lowest BCUT2D eigenvalue weighted by Gasteiger charge is -2.17.